The number of thiazole rings is 1. The van der Waals surface area contributed by atoms with Crippen LogP contribution in [0.25, 0.3) is 22.6 Å². The number of nitrogens with two attached hydrogens (primary N) is 1. The Morgan fingerprint density at radius 2 is 1.90 bits per heavy atom. The highest BCUT2D eigenvalue weighted by Gasteiger charge is 2.20. The Morgan fingerprint density at radius 3 is 2.50 bits per heavy atom. The van der Waals surface area contributed by atoms with Crippen molar-refractivity contribution in [3.05, 3.63) is 40.2 Å². The normalized spacial score (nSPS) is 10.9. The van der Waals surface area contributed by atoms with Crippen molar-refractivity contribution in [2.24, 2.45) is 0 Å². The molecule has 0 aliphatic carbocycles. The van der Waals surface area contributed by atoms with Crippen LogP contribution in [0.3, 0.4) is 0 Å². The molecule has 0 bridgehead atoms. The zero-order valence-electron chi connectivity index (χ0n) is 10.4. The van der Waals surface area contributed by atoms with E-state index in [9.17, 15) is 8.78 Å². The minimum atomic E-state index is -0.694. The molecule has 1 aromatic carbocycles. The Labute approximate surface area is 116 Å². The lowest BCUT2D eigenvalue weighted by atomic mass is 10.0. The molecule has 0 saturated carbocycles. The van der Waals surface area contributed by atoms with Gasteiger partial charge in [0.15, 0.2) is 11.6 Å². The Bertz CT molecular complexity index is 762. The summed E-state index contributed by atoms with van der Waals surface area (Å²) in [7, 11) is 0. The second kappa shape index (κ2) is 4.68. The first-order valence-corrected chi connectivity index (χ1v) is 6.56. The molecule has 0 fully saturated rings. The number of hydrogen-bond acceptors (Lipinski definition) is 5. The van der Waals surface area contributed by atoms with Gasteiger partial charge in [0.25, 0.3) is 0 Å². The first kappa shape index (κ1) is 12.7. The van der Waals surface area contributed by atoms with Crippen LogP contribution in [0.1, 0.15) is 5.01 Å². The van der Waals surface area contributed by atoms with E-state index in [0.717, 1.165) is 11.1 Å². The van der Waals surface area contributed by atoms with Crippen LogP contribution in [-0.4, -0.2) is 10.1 Å². The fourth-order valence-corrected chi connectivity index (χ4v) is 2.52. The van der Waals surface area contributed by atoms with E-state index in [2.05, 4.69) is 10.1 Å². The third-order valence-electron chi connectivity index (χ3n) is 2.72. The Morgan fingerprint density at radius 1 is 1.20 bits per heavy atom. The van der Waals surface area contributed by atoms with Crippen molar-refractivity contribution in [1.29, 1.82) is 0 Å². The summed E-state index contributed by atoms with van der Waals surface area (Å²) in [4.78, 5) is 4.27. The Balaban J connectivity index is 2.21. The number of aromatic nitrogens is 2. The van der Waals surface area contributed by atoms with Crippen LogP contribution in [0.5, 0.6) is 0 Å². The molecule has 0 saturated heterocycles. The maximum atomic E-state index is 13.3. The molecule has 4 nitrogen and oxygen atoms in total. The van der Waals surface area contributed by atoms with Crippen molar-refractivity contribution in [3.8, 4) is 22.6 Å². The molecule has 0 radical (unpaired) electrons. The lowest BCUT2D eigenvalue weighted by Gasteiger charge is -2.02. The Kier molecular flexibility index (Phi) is 2.98. The van der Waals surface area contributed by atoms with Crippen molar-refractivity contribution >= 4 is 17.2 Å². The summed E-state index contributed by atoms with van der Waals surface area (Å²) in [6.07, 6.45) is 0. The van der Waals surface area contributed by atoms with Gasteiger partial charge in [-0.2, -0.15) is 0 Å². The maximum absolute atomic E-state index is 13.3. The minimum Gasteiger partial charge on any atom is -0.380 e. The van der Waals surface area contributed by atoms with Crippen LogP contribution in [-0.2, 0) is 0 Å². The summed E-state index contributed by atoms with van der Waals surface area (Å²) in [5.41, 5.74) is 6.89. The highest BCUT2D eigenvalue weighted by molar-refractivity contribution is 7.09. The van der Waals surface area contributed by atoms with E-state index >= 15 is 0 Å². The van der Waals surface area contributed by atoms with Crippen LogP contribution >= 0.6 is 11.3 Å². The molecular formula is C13H9F2N3OS. The molecule has 0 spiro atoms. The van der Waals surface area contributed by atoms with Crippen molar-refractivity contribution in [1.82, 2.24) is 10.1 Å². The number of halogens is 2. The number of nitrogen functional groups attached to an aromatic ring is 1. The molecule has 0 amide bonds. The molecular weight excluding hydrogens is 284 g/mol. The van der Waals surface area contributed by atoms with Crippen molar-refractivity contribution in [2.75, 3.05) is 5.73 Å². The van der Waals surface area contributed by atoms with Crippen molar-refractivity contribution in [2.45, 2.75) is 6.92 Å². The standard InChI is InChI=1S/C13H9F2N3OS/c1-6-17-10(5-20-6)12-11(13(16)18-19-12)7-2-8(14)4-9(15)3-7/h2-5H,1H3,(H2,16,18). The van der Waals surface area contributed by atoms with Gasteiger partial charge in [-0.25, -0.2) is 13.8 Å². The predicted molar refractivity (Wildman–Crippen MR) is 72.1 cm³/mol. The van der Waals surface area contributed by atoms with Gasteiger partial charge in [0.05, 0.1) is 10.6 Å². The van der Waals surface area contributed by atoms with Gasteiger partial charge in [-0.05, 0) is 24.6 Å². The van der Waals surface area contributed by atoms with Crippen molar-refractivity contribution < 1.29 is 13.3 Å². The number of nitrogens with zero attached hydrogens (tertiary/aromatic N) is 2. The molecule has 3 rings (SSSR count). The van der Waals surface area contributed by atoms with Gasteiger partial charge in [0, 0.05) is 11.4 Å². The van der Waals surface area contributed by atoms with Crippen LogP contribution in [0.15, 0.2) is 28.1 Å². The molecule has 0 aliphatic heterocycles. The first-order valence-electron chi connectivity index (χ1n) is 5.68. The van der Waals surface area contributed by atoms with Gasteiger partial charge in [-0.1, -0.05) is 5.16 Å². The minimum absolute atomic E-state index is 0.0654. The number of aryl methyl sites for hydroxylation is 1. The first-order chi connectivity index (χ1) is 9.54. The molecule has 102 valence electrons. The second-order valence-electron chi connectivity index (χ2n) is 4.18. The van der Waals surface area contributed by atoms with E-state index in [4.69, 9.17) is 10.3 Å². The summed E-state index contributed by atoms with van der Waals surface area (Å²) in [5.74, 6) is -1.02. The number of anilines is 1. The van der Waals surface area contributed by atoms with Crippen LogP contribution in [0.4, 0.5) is 14.6 Å². The molecule has 2 N–H and O–H groups in total. The van der Waals surface area contributed by atoms with E-state index in [-0.39, 0.29) is 11.4 Å². The molecule has 7 heteroatoms. The molecule has 20 heavy (non-hydrogen) atoms. The second-order valence-corrected chi connectivity index (χ2v) is 5.24. The van der Waals surface area contributed by atoms with Gasteiger partial charge in [-0.15, -0.1) is 11.3 Å². The monoisotopic (exact) mass is 293 g/mol. The lowest BCUT2D eigenvalue weighted by Crippen LogP contribution is -1.91. The summed E-state index contributed by atoms with van der Waals surface area (Å²) in [6.45, 7) is 1.84. The third-order valence-corrected chi connectivity index (χ3v) is 3.49. The quantitative estimate of drug-likeness (QED) is 0.783. The number of benzene rings is 1. The van der Waals surface area contributed by atoms with Gasteiger partial charge < -0.3 is 10.3 Å². The van der Waals surface area contributed by atoms with E-state index in [1.807, 2.05) is 6.92 Å². The third kappa shape index (κ3) is 2.16. The zero-order valence-corrected chi connectivity index (χ0v) is 11.2. The average molecular weight is 293 g/mol. The lowest BCUT2D eigenvalue weighted by molar-refractivity contribution is 0.435. The SMILES string of the molecule is Cc1nc(-c2onc(N)c2-c2cc(F)cc(F)c2)cs1. The van der Waals surface area contributed by atoms with E-state index in [0.29, 0.717) is 17.0 Å². The molecule has 0 atom stereocenters. The van der Waals surface area contributed by atoms with E-state index < -0.39 is 11.6 Å². The summed E-state index contributed by atoms with van der Waals surface area (Å²) in [5, 5.41) is 6.27. The van der Waals surface area contributed by atoms with E-state index in [1.54, 1.807) is 5.38 Å². The smallest absolute Gasteiger partial charge is 0.196 e. The molecule has 2 aromatic heterocycles. The van der Waals surface area contributed by atoms with Crippen LogP contribution in [0, 0.1) is 18.6 Å². The summed E-state index contributed by atoms with van der Waals surface area (Å²) >= 11 is 1.43. The summed E-state index contributed by atoms with van der Waals surface area (Å²) < 4.78 is 31.8. The molecule has 0 aliphatic rings. The molecule has 2 heterocycles. The van der Waals surface area contributed by atoms with Gasteiger partial charge in [-0.3, -0.25) is 0 Å². The van der Waals surface area contributed by atoms with Gasteiger partial charge in [0.2, 0.25) is 0 Å². The molecule has 0 unspecified atom stereocenters. The fraction of sp³-hybridized carbons (Fsp3) is 0.0769. The highest BCUT2D eigenvalue weighted by atomic mass is 32.1. The predicted octanol–water partition coefficient (Wildman–Crippen LogP) is 3.63. The summed E-state index contributed by atoms with van der Waals surface area (Å²) in [6, 6.07) is 3.14. The van der Waals surface area contributed by atoms with Gasteiger partial charge >= 0.3 is 0 Å². The number of hydrogen-bond donors (Lipinski definition) is 1. The Hall–Kier alpha value is -2.28. The largest absolute Gasteiger partial charge is 0.380 e. The molecule has 3 aromatic rings. The van der Waals surface area contributed by atoms with Gasteiger partial charge in [0.1, 0.15) is 17.3 Å². The number of rotatable bonds is 2. The van der Waals surface area contributed by atoms with Crippen LogP contribution in [0.2, 0.25) is 0 Å². The maximum Gasteiger partial charge on any atom is 0.196 e. The van der Waals surface area contributed by atoms with E-state index in [1.165, 1.54) is 23.5 Å². The highest BCUT2D eigenvalue weighted by Crippen LogP contribution is 2.37. The average Bonchev–Trinajstić information content (AvgIpc) is 2.94. The van der Waals surface area contributed by atoms with Crippen LogP contribution < -0.4 is 5.73 Å². The fourth-order valence-electron chi connectivity index (χ4n) is 1.92. The van der Waals surface area contributed by atoms with Crippen molar-refractivity contribution in [3.63, 3.8) is 0 Å². The zero-order chi connectivity index (χ0) is 14.3. The topological polar surface area (TPSA) is 64.9 Å².